The van der Waals surface area contributed by atoms with E-state index in [4.69, 9.17) is 0 Å². The summed E-state index contributed by atoms with van der Waals surface area (Å²) in [6.45, 7) is 1.33. The quantitative estimate of drug-likeness (QED) is 0.796. The van der Waals surface area contributed by atoms with Crippen LogP contribution in [0.25, 0.3) is 0 Å². The maximum Gasteiger partial charge on any atom is 0.236 e. The zero-order valence-corrected chi connectivity index (χ0v) is 11.1. The molecule has 0 aliphatic heterocycles. The van der Waals surface area contributed by atoms with Crippen LogP contribution in [0.4, 0.5) is 0 Å². The first-order valence-electron chi connectivity index (χ1n) is 6.77. The zero-order valence-electron chi connectivity index (χ0n) is 11.1. The van der Waals surface area contributed by atoms with E-state index in [0.717, 1.165) is 19.4 Å². The van der Waals surface area contributed by atoms with Crippen molar-refractivity contribution in [3.05, 3.63) is 35.9 Å². The Kier molecular flexibility index (Phi) is 4.76. The SMILES string of the molecule is CN(CCCc1ccccc1)C(=O)CNC1CC1. The fourth-order valence-electron chi connectivity index (χ4n) is 1.94. The molecule has 0 unspecified atom stereocenters. The number of nitrogens with one attached hydrogen (secondary N) is 1. The molecule has 0 bridgehead atoms. The molecule has 1 N–H and O–H groups in total. The fourth-order valence-corrected chi connectivity index (χ4v) is 1.94. The van der Waals surface area contributed by atoms with Crippen LogP contribution in [-0.2, 0) is 11.2 Å². The number of benzene rings is 1. The number of amides is 1. The lowest BCUT2D eigenvalue weighted by molar-refractivity contribution is -0.129. The molecule has 2 rings (SSSR count). The Balaban J connectivity index is 1.61. The summed E-state index contributed by atoms with van der Waals surface area (Å²) in [4.78, 5) is 13.6. The van der Waals surface area contributed by atoms with Crippen molar-refractivity contribution in [3.8, 4) is 0 Å². The van der Waals surface area contributed by atoms with Crippen molar-refractivity contribution < 1.29 is 4.79 Å². The van der Waals surface area contributed by atoms with E-state index in [1.807, 2.05) is 18.0 Å². The van der Waals surface area contributed by atoms with Gasteiger partial charge in [0.05, 0.1) is 6.54 Å². The van der Waals surface area contributed by atoms with Gasteiger partial charge in [0.2, 0.25) is 5.91 Å². The number of rotatable bonds is 7. The smallest absolute Gasteiger partial charge is 0.236 e. The predicted molar refractivity (Wildman–Crippen MR) is 73.4 cm³/mol. The van der Waals surface area contributed by atoms with E-state index in [2.05, 4.69) is 29.6 Å². The maximum atomic E-state index is 11.8. The van der Waals surface area contributed by atoms with E-state index in [9.17, 15) is 4.79 Å². The first-order valence-corrected chi connectivity index (χ1v) is 6.77. The molecule has 0 saturated heterocycles. The Bertz CT molecular complexity index is 373. The number of likely N-dealkylation sites (N-methyl/N-ethyl adjacent to an activating group) is 1. The predicted octanol–water partition coefficient (Wildman–Crippen LogP) is 1.83. The van der Waals surface area contributed by atoms with Crippen molar-refractivity contribution in [2.75, 3.05) is 20.1 Å². The highest BCUT2D eigenvalue weighted by atomic mass is 16.2. The summed E-state index contributed by atoms with van der Waals surface area (Å²) in [5, 5.41) is 3.25. The van der Waals surface area contributed by atoms with Crippen LogP contribution in [0.5, 0.6) is 0 Å². The highest BCUT2D eigenvalue weighted by Gasteiger charge is 2.21. The molecule has 3 nitrogen and oxygen atoms in total. The van der Waals surface area contributed by atoms with Crippen molar-refractivity contribution in [1.82, 2.24) is 10.2 Å². The lowest BCUT2D eigenvalue weighted by Gasteiger charge is -2.17. The third-order valence-corrected chi connectivity index (χ3v) is 3.35. The Morgan fingerprint density at radius 1 is 1.33 bits per heavy atom. The van der Waals surface area contributed by atoms with Crippen molar-refractivity contribution in [3.63, 3.8) is 0 Å². The molecule has 1 amide bonds. The van der Waals surface area contributed by atoms with Gasteiger partial charge in [-0.1, -0.05) is 30.3 Å². The minimum absolute atomic E-state index is 0.204. The number of carbonyl (C=O) groups is 1. The lowest BCUT2D eigenvalue weighted by atomic mass is 10.1. The summed E-state index contributed by atoms with van der Waals surface area (Å²) in [7, 11) is 1.89. The van der Waals surface area contributed by atoms with Gasteiger partial charge in [0.15, 0.2) is 0 Å². The first kappa shape index (κ1) is 13.1. The average Bonchev–Trinajstić information content (AvgIpc) is 3.21. The molecule has 0 heterocycles. The fraction of sp³-hybridized carbons (Fsp3) is 0.533. The molecule has 0 atom stereocenters. The topological polar surface area (TPSA) is 32.3 Å². The van der Waals surface area contributed by atoms with E-state index >= 15 is 0 Å². The summed E-state index contributed by atoms with van der Waals surface area (Å²) in [5.41, 5.74) is 1.34. The Morgan fingerprint density at radius 2 is 2.06 bits per heavy atom. The Hall–Kier alpha value is -1.35. The lowest BCUT2D eigenvalue weighted by Crippen LogP contribution is -2.36. The molecule has 1 fully saturated rings. The number of nitrogens with zero attached hydrogens (tertiary/aromatic N) is 1. The molecule has 1 aliphatic rings. The van der Waals surface area contributed by atoms with Crippen LogP contribution in [0, 0.1) is 0 Å². The highest BCUT2D eigenvalue weighted by molar-refractivity contribution is 5.78. The molecular weight excluding hydrogens is 224 g/mol. The van der Waals surface area contributed by atoms with Gasteiger partial charge in [-0.3, -0.25) is 4.79 Å². The molecule has 1 saturated carbocycles. The third-order valence-electron chi connectivity index (χ3n) is 3.35. The molecule has 18 heavy (non-hydrogen) atoms. The van der Waals surface area contributed by atoms with E-state index in [1.165, 1.54) is 18.4 Å². The van der Waals surface area contributed by atoms with Crippen LogP contribution in [0.1, 0.15) is 24.8 Å². The number of carbonyl (C=O) groups excluding carboxylic acids is 1. The minimum atomic E-state index is 0.204. The molecular formula is C15H22N2O. The maximum absolute atomic E-state index is 11.8. The third kappa shape index (κ3) is 4.49. The van der Waals surface area contributed by atoms with Gasteiger partial charge in [0, 0.05) is 19.6 Å². The van der Waals surface area contributed by atoms with Crippen molar-refractivity contribution >= 4 is 5.91 Å². The molecule has 0 aromatic heterocycles. The van der Waals surface area contributed by atoms with E-state index in [1.54, 1.807) is 0 Å². The van der Waals surface area contributed by atoms with Gasteiger partial charge in [-0.05, 0) is 31.2 Å². The van der Waals surface area contributed by atoms with Gasteiger partial charge in [-0.25, -0.2) is 0 Å². The summed E-state index contributed by atoms with van der Waals surface area (Å²) in [5.74, 6) is 0.204. The van der Waals surface area contributed by atoms with Gasteiger partial charge < -0.3 is 10.2 Å². The molecule has 1 aromatic rings. The second-order valence-electron chi connectivity index (χ2n) is 5.06. The van der Waals surface area contributed by atoms with Crippen LogP contribution >= 0.6 is 0 Å². The second kappa shape index (κ2) is 6.55. The molecule has 0 radical (unpaired) electrons. The summed E-state index contributed by atoms with van der Waals surface area (Å²) >= 11 is 0. The molecule has 1 aliphatic carbocycles. The molecule has 98 valence electrons. The van der Waals surface area contributed by atoms with Crippen molar-refractivity contribution in [2.24, 2.45) is 0 Å². The Morgan fingerprint density at radius 3 is 2.72 bits per heavy atom. The van der Waals surface area contributed by atoms with Gasteiger partial charge >= 0.3 is 0 Å². The van der Waals surface area contributed by atoms with Crippen LogP contribution in [0.15, 0.2) is 30.3 Å². The van der Waals surface area contributed by atoms with E-state index < -0.39 is 0 Å². The number of hydrogen-bond donors (Lipinski definition) is 1. The van der Waals surface area contributed by atoms with Gasteiger partial charge in [-0.2, -0.15) is 0 Å². The molecule has 1 aromatic carbocycles. The van der Waals surface area contributed by atoms with Crippen LogP contribution < -0.4 is 5.32 Å². The monoisotopic (exact) mass is 246 g/mol. The zero-order chi connectivity index (χ0) is 12.8. The van der Waals surface area contributed by atoms with E-state index in [0.29, 0.717) is 12.6 Å². The highest BCUT2D eigenvalue weighted by Crippen LogP contribution is 2.18. The van der Waals surface area contributed by atoms with Gasteiger partial charge in [-0.15, -0.1) is 0 Å². The second-order valence-corrected chi connectivity index (χ2v) is 5.06. The van der Waals surface area contributed by atoms with Crippen molar-refractivity contribution in [1.29, 1.82) is 0 Å². The number of hydrogen-bond acceptors (Lipinski definition) is 2. The van der Waals surface area contributed by atoms with Crippen LogP contribution in [0.2, 0.25) is 0 Å². The van der Waals surface area contributed by atoms with Crippen molar-refractivity contribution in [2.45, 2.75) is 31.7 Å². The minimum Gasteiger partial charge on any atom is -0.345 e. The van der Waals surface area contributed by atoms with Gasteiger partial charge in [0.1, 0.15) is 0 Å². The normalized spacial score (nSPS) is 14.5. The average molecular weight is 246 g/mol. The molecule has 3 heteroatoms. The standard InChI is InChI=1S/C15H22N2O/c1-17(15(18)12-16-14-9-10-14)11-5-8-13-6-3-2-4-7-13/h2-4,6-7,14,16H,5,8-12H2,1H3. The summed E-state index contributed by atoms with van der Waals surface area (Å²) in [6.07, 6.45) is 4.51. The first-order chi connectivity index (χ1) is 8.75. The molecule has 0 spiro atoms. The summed E-state index contributed by atoms with van der Waals surface area (Å²) < 4.78 is 0. The van der Waals surface area contributed by atoms with Crippen LogP contribution in [-0.4, -0.2) is 37.0 Å². The van der Waals surface area contributed by atoms with Gasteiger partial charge in [0.25, 0.3) is 0 Å². The Labute approximate surface area is 109 Å². The van der Waals surface area contributed by atoms with Crippen LogP contribution in [0.3, 0.4) is 0 Å². The summed E-state index contributed by atoms with van der Waals surface area (Å²) in [6, 6.07) is 11.0. The number of aryl methyl sites for hydroxylation is 1. The largest absolute Gasteiger partial charge is 0.345 e. The van der Waals surface area contributed by atoms with E-state index in [-0.39, 0.29) is 5.91 Å².